The Morgan fingerprint density at radius 1 is 0.571 bits per heavy atom. The second-order valence-corrected chi connectivity index (χ2v) is 20.8. The van der Waals surface area contributed by atoms with Gasteiger partial charge in [-0.15, -0.1) is 0 Å². The van der Waals surface area contributed by atoms with Crippen molar-refractivity contribution in [2.24, 2.45) is 29.2 Å². The number of amides is 10. The van der Waals surface area contributed by atoms with E-state index in [9.17, 15) is 93.0 Å². The topological polar surface area (TPSA) is 544 Å². The van der Waals surface area contributed by atoms with Crippen molar-refractivity contribution in [2.45, 2.75) is 179 Å². The van der Waals surface area contributed by atoms with E-state index >= 15 is 0 Å². The summed E-state index contributed by atoms with van der Waals surface area (Å²) in [6.45, 7) is 8.54. The zero-order valence-electron chi connectivity index (χ0n) is 48.2. The van der Waals surface area contributed by atoms with Gasteiger partial charge in [0.05, 0.1) is 38.1 Å². The molecule has 0 fully saturated rings. The van der Waals surface area contributed by atoms with E-state index in [1.807, 2.05) is 0 Å². The molecule has 0 aliphatic heterocycles. The molecule has 0 unspecified atom stereocenters. The fourth-order valence-corrected chi connectivity index (χ4v) is 7.89. The Morgan fingerprint density at radius 2 is 1.08 bits per heavy atom. The molecule has 0 radical (unpaired) electrons. The molecule has 474 valence electrons. The fraction of sp³-hybridized carbons (Fsp3) is 0.686. The van der Waals surface area contributed by atoms with E-state index in [0.717, 1.165) is 6.92 Å². The number of nitrogens with two attached hydrogens (primary N) is 2. The van der Waals surface area contributed by atoms with Crippen LogP contribution in [0.25, 0.3) is 0 Å². The van der Waals surface area contributed by atoms with Crippen molar-refractivity contribution in [1.29, 1.82) is 0 Å². The number of rotatable bonds is 41. The molecular formula is C51H86N14O19. The summed E-state index contributed by atoms with van der Waals surface area (Å²) in [5.41, 5.74) is 11.9. The number of aliphatic hydroxyl groups excluding tert-OH is 3. The lowest BCUT2D eigenvalue weighted by Crippen LogP contribution is -2.63. The first-order chi connectivity index (χ1) is 39.4. The number of aromatic amines is 1. The van der Waals surface area contributed by atoms with E-state index in [-0.39, 0.29) is 38.1 Å². The molecular weight excluding hydrogens is 1110 g/mol. The van der Waals surface area contributed by atoms with E-state index < -0.39 is 194 Å². The Labute approximate surface area is 484 Å². The fourth-order valence-electron chi connectivity index (χ4n) is 7.89. The molecule has 0 spiro atoms. The summed E-state index contributed by atoms with van der Waals surface area (Å²) >= 11 is 0. The van der Waals surface area contributed by atoms with Crippen molar-refractivity contribution >= 4 is 77.0 Å². The van der Waals surface area contributed by atoms with Crippen molar-refractivity contribution in [3.05, 3.63) is 18.2 Å². The lowest BCUT2D eigenvalue weighted by Gasteiger charge is -2.30. The van der Waals surface area contributed by atoms with E-state index in [1.165, 1.54) is 33.3 Å². The van der Waals surface area contributed by atoms with Gasteiger partial charge < -0.3 is 100 Å². The number of nitrogens with zero attached hydrogens (tertiary/aromatic N) is 1. The molecule has 0 aromatic carbocycles. The first kappa shape index (κ1) is 74.1. The smallest absolute Gasteiger partial charge is 0.326 e. The maximum atomic E-state index is 14.0. The number of unbranched alkanes of at least 4 members (excludes halogenated alkanes) is 1. The number of H-pyrrole nitrogens is 1. The van der Waals surface area contributed by atoms with Gasteiger partial charge >= 0.3 is 17.9 Å². The third-order valence-electron chi connectivity index (χ3n) is 12.9. The SMILES string of the molecule is CC[C@H](C)[C@H](NC(=O)[C@H](CO)NC(=O)[C@H](CO)NC(=O)[C@H](CC(C)C)NC(=O)[C@@H](N)CCCCN)C(=O)N[C@@H](CCC(=O)O)C(=O)N[C@H](C(=O)N[C@@H](CC(=O)O)C(=O)N[C@H](C(=O)NCCC(=O)N[C@@H](Cc1cnc[nH]1)C(=O)O)C(C)C)[C@@H](C)O. The molecule has 84 heavy (non-hydrogen) atoms. The molecule has 1 aromatic heterocycles. The van der Waals surface area contributed by atoms with Gasteiger partial charge in [0.25, 0.3) is 0 Å². The number of carbonyl (C=O) groups excluding carboxylic acids is 10. The average molecular weight is 1200 g/mol. The number of hydrogen-bond acceptors (Lipinski definition) is 19. The van der Waals surface area contributed by atoms with Crippen LogP contribution in [0.1, 0.15) is 112 Å². The average Bonchev–Trinajstić information content (AvgIpc) is 3.96. The highest BCUT2D eigenvalue weighted by Crippen LogP contribution is 2.13. The summed E-state index contributed by atoms with van der Waals surface area (Å²) in [5.74, 6) is -16.6. The monoisotopic (exact) mass is 1200 g/mol. The van der Waals surface area contributed by atoms with Crippen molar-refractivity contribution in [3.63, 3.8) is 0 Å². The molecule has 0 aliphatic rings. The molecule has 33 heteroatoms. The predicted molar refractivity (Wildman–Crippen MR) is 295 cm³/mol. The third kappa shape index (κ3) is 27.0. The van der Waals surface area contributed by atoms with Gasteiger partial charge in [-0.1, -0.05) is 54.4 Å². The Morgan fingerprint density at radius 3 is 1.58 bits per heavy atom. The van der Waals surface area contributed by atoms with Crippen LogP contribution < -0.4 is 64.6 Å². The zero-order valence-corrected chi connectivity index (χ0v) is 48.2. The lowest BCUT2D eigenvalue weighted by atomic mass is 9.97. The summed E-state index contributed by atoms with van der Waals surface area (Å²) in [7, 11) is 0. The molecule has 1 aromatic rings. The van der Waals surface area contributed by atoms with Gasteiger partial charge in [-0.05, 0) is 56.9 Å². The maximum absolute atomic E-state index is 14.0. The van der Waals surface area contributed by atoms with Crippen LogP contribution in [0, 0.1) is 17.8 Å². The number of aromatic nitrogens is 2. The van der Waals surface area contributed by atoms with Gasteiger partial charge in [0.15, 0.2) is 0 Å². The summed E-state index contributed by atoms with van der Waals surface area (Å²) in [4.78, 5) is 176. The van der Waals surface area contributed by atoms with Crippen molar-refractivity contribution < 1.29 is 93.0 Å². The summed E-state index contributed by atoms with van der Waals surface area (Å²) in [6.07, 6.45) is -0.538. The van der Waals surface area contributed by atoms with Gasteiger partial charge in [-0.25, -0.2) is 9.78 Å². The minimum Gasteiger partial charge on any atom is -0.481 e. The number of aliphatic carboxylic acids is 3. The third-order valence-corrected chi connectivity index (χ3v) is 12.9. The Hall–Kier alpha value is -7.88. The van der Waals surface area contributed by atoms with Gasteiger partial charge in [0.2, 0.25) is 59.1 Å². The number of carboxylic acid groups (broad SMARTS) is 3. The largest absolute Gasteiger partial charge is 0.481 e. The molecule has 1 heterocycles. The second-order valence-electron chi connectivity index (χ2n) is 20.8. The minimum absolute atomic E-state index is 0.0904. The van der Waals surface area contributed by atoms with Crippen LogP contribution in [-0.4, -0.2) is 210 Å². The molecule has 0 bridgehead atoms. The van der Waals surface area contributed by atoms with Crippen LogP contribution in [0.2, 0.25) is 0 Å². The van der Waals surface area contributed by atoms with Crippen LogP contribution in [0.3, 0.4) is 0 Å². The molecule has 0 saturated heterocycles. The molecule has 33 nitrogen and oxygen atoms in total. The Bertz CT molecular complexity index is 2380. The standard InChI is InChI=1S/C51H86N14O19/c1-8-26(6)40(64-47(79)35(22-67)62-46(78)34(21-66)61-44(76)31(17-24(2)3)59-42(74)29(53)11-9-10-15-52)49(81)58-30(12-13-37(70)71)43(75)65-41(27(7)68)50(82)60-32(19-38(72)73)45(77)63-39(25(4)5)48(80)55-16-14-36(69)57-33(51(83)84)18-28-20-54-23-56-28/h20,23-27,29-35,39-41,66-68H,8-19,21-22,52-53H2,1-7H3,(H,54,56)(H,55,80)(H,57,69)(H,58,81)(H,59,74)(H,60,82)(H,61,76)(H,62,78)(H,63,77)(H,64,79)(H,65,75)(H,70,71)(H,72,73)(H,83,84)/t26-,27+,29-,30-,31-,32-,33-,34-,35-,39-,40-,41-/m0/s1. The van der Waals surface area contributed by atoms with Crippen LogP contribution >= 0.6 is 0 Å². The number of hydrogen-bond donors (Lipinski definition) is 19. The first-order valence-corrected chi connectivity index (χ1v) is 27.4. The van der Waals surface area contributed by atoms with Crippen LogP contribution in [0.4, 0.5) is 0 Å². The highest BCUT2D eigenvalue weighted by molar-refractivity contribution is 5.99. The van der Waals surface area contributed by atoms with Gasteiger partial charge in [0.1, 0.15) is 54.4 Å². The molecule has 0 saturated carbocycles. The van der Waals surface area contributed by atoms with Gasteiger partial charge in [0, 0.05) is 37.7 Å². The van der Waals surface area contributed by atoms with E-state index in [2.05, 4.69) is 63.1 Å². The molecule has 21 N–H and O–H groups in total. The van der Waals surface area contributed by atoms with E-state index in [1.54, 1.807) is 20.8 Å². The minimum atomic E-state index is -2.04. The summed E-state index contributed by atoms with van der Waals surface area (Å²) < 4.78 is 0. The maximum Gasteiger partial charge on any atom is 0.326 e. The zero-order chi connectivity index (χ0) is 64.0. The van der Waals surface area contributed by atoms with E-state index in [0.29, 0.717) is 25.1 Å². The Balaban J connectivity index is 3.26. The van der Waals surface area contributed by atoms with Crippen molar-refractivity contribution in [3.8, 4) is 0 Å². The van der Waals surface area contributed by atoms with Gasteiger partial charge in [-0.3, -0.25) is 57.5 Å². The molecule has 0 aliphatic carbocycles. The highest BCUT2D eigenvalue weighted by Gasteiger charge is 2.38. The normalized spacial score (nSPS) is 15.5. The second kappa shape index (κ2) is 38.1. The summed E-state index contributed by atoms with van der Waals surface area (Å²) in [6, 6.07) is -16.0. The number of aliphatic hydroxyl groups is 3. The van der Waals surface area contributed by atoms with Crippen molar-refractivity contribution in [1.82, 2.24) is 63.1 Å². The predicted octanol–water partition coefficient (Wildman–Crippen LogP) is -6.18. The number of imidazole rings is 1. The summed E-state index contributed by atoms with van der Waals surface area (Å²) in [5, 5.41) is 82.8. The quantitative estimate of drug-likeness (QED) is 0.0271. The van der Waals surface area contributed by atoms with Crippen molar-refractivity contribution in [2.75, 3.05) is 26.3 Å². The van der Waals surface area contributed by atoms with Crippen LogP contribution in [-0.2, 0) is 68.7 Å². The molecule has 10 amide bonds. The lowest BCUT2D eigenvalue weighted by molar-refractivity contribution is -0.142. The number of carbonyl (C=O) groups is 13. The first-order valence-electron chi connectivity index (χ1n) is 27.4. The molecule has 12 atom stereocenters. The van der Waals surface area contributed by atoms with Crippen LogP contribution in [0.15, 0.2) is 12.5 Å². The highest BCUT2D eigenvalue weighted by atomic mass is 16.4. The number of nitrogens with one attached hydrogen (secondary N) is 11. The van der Waals surface area contributed by atoms with Crippen LogP contribution in [0.5, 0.6) is 0 Å². The number of carboxylic acids is 3. The Kier molecular flexibility index (Phi) is 33.6. The molecule has 1 rings (SSSR count). The van der Waals surface area contributed by atoms with Gasteiger partial charge in [-0.2, -0.15) is 0 Å². The van der Waals surface area contributed by atoms with E-state index in [4.69, 9.17) is 11.5 Å².